The minimum absolute atomic E-state index is 0.371. The van der Waals surface area contributed by atoms with Crippen LogP contribution < -0.4 is 10.6 Å². The van der Waals surface area contributed by atoms with Crippen molar-refractivity contribution in [3.63, 3.8) is 0 Å². The first-order chi connectivity index (χ1) is 9.04. The fourth-order valence-electron chi connectivity index (χ4n) is 1.60. The summed E-state index contributed by atoms with van der Waals surface area (Å²) >= 11 is 6.04. The highest BCUT2D eigenvalue weighted by molar-refractivity contribution is 6.33. The van der Waals surface area contributed by atoms with E-state index in [1.807, 2.05) is 32.0 Å². The summed E-state index contributed by atoms with van der Waals surface area (Å²) in [6.45, 7) is 3.80. The molecule has 0 fully saturated rings. The molecule has 5 heteroatoms. The smallest absolute Gasteiger partial charge is 0.306 e. The Morgan fingerprint density at radius 1 is 1.16 bits per heavy atom. The number of aromatic nitrogens is 1. The van der Waals surface area contributed by atoms with E-state index in [2.05, 4.69) is 15.6 Å². The molecular formula is C14H14ClN3O. The molecule has 0 bridgehead atoms. The van der Waals surface area contributed by atoms with Crippen LogP contribution in [0.4, 0.5) is 16.3 Å². The molecule has 0 radical (unpaired) electrons. The van der Waals surface area contributed by atoms with Crippen molar-refractivity contribution in [2.45, 2.75) is 13.8 Å². The van der Waals surface area contributed by atoms with Gasteiger partial charge in [-0.05, 0) is 43.7 Å². The molecule has 0 aliphatic heterocycles. The lowest BCUT2D eigenvalue weighted by Crippen LogP contribution is -2.20. The third kappa shape index (κ3) is 3.69. The highest BCUT2D eigenvalue weighted by atomic mass is 35.5. The Kier molecular flexibility index (Phi) is 4.02. The predicted molar refractivity (Wildman–Crippen MR) is 77.8 cm³/mol. The van der Waals surface area contributed by atoms with Gasteiger partial charge in [-0.15, -0.1) is 0 Å². The van der Waals surface area contributed by atoms with Crippen LogP contribution in [0.25, 0.3) is 0 Å². The zero-order chi connectivity index (χ0) is 13.8. The van der Waals surface area contributed by atoms with E-state index in [0.717, 1.165) is 11.3 Å². The molecule has 2 N–H and O–H groups in total. The van der Waals surface area contributed by atoms with Gasteiger partial charge in [-0.1, -0.05) is 23.7 Å². The number of carbonyl (C=O) groups excluding carboxylic acids is 1. The summed E-state index contributed by atoms with van der Waals surface area (Å²) in [5, 5.41) is 5.84. The van der Waals surface area contributed by atoms with E-state index >= 15 is 0 Å². The van der Waals surface area contributed by atoms with Crippen LogP contribution >= 0.6 is 11.6 Å². The normalized spacial score (nSPS) is 10.1. The van der Waals surface area contributed by atoms with E-state index < -0.39 is 0 Å². The number of nitrogens with one attached hydrogen (secondary N) is 2. The first kappa shape index (κ1) is 13.4. The molecule has 2 aromatic rings. The van der Waals surface area contributed by atoms with Crippen molar-refractivity contribution in [1.82, 2.24) is 4.98 Å². The van der Waals surface area contributed by atoms with Gasteiger partial charge in [0.2, 0.25) is 0 Å². The van der Waals surface area contributed by atoms with E-state index in [0.29, 0.717) is 16.5 Å². The molecule has 0 saturated heterocycles. The van der Waals surface area contributed by atoms with Gasteiger partial charge in [-0.2, -0.15) is 0 Å². The number of nitrogens with zero attached hydrogens (tertiary/aromatic N) is 1. The predicted octanol–water partition coefficient (Wildman–Crippen LogP) is 4.00. The summed E-state index contributed by atoms with van der Waals surface area (Å²) in [7, 11) is 0. The van der Waals surface area contributed by atoms with Crippen LogP contribution in [0.3, 0.4) is 0 Å². The maximum absolute atomic E-state index is 11.8. The van der Waals surface area contributed by atoms with Crippen molar-refractivity contribution >= 4 is 29.1 Å². The fraction of sp³-hybridized carbons (Fsp3) is 0.143. The topological polar surface area (TPSA) is 54.0 Å². The second kappa shape index (κ2) is 5.71. The van der Waals surface area contributed by atoms with Crippen LogP contribution in [0.2, 0.25) is 5.02 Å². The number of hydrogen-bond acceptors (Lipinski definition) is 2. The van der Waals surface area contributed by atoms with Gasteiger partial charge in [0.15, 0.2) is 0 Å². The van der Waals surface area contributed by atoms with Crippen molar-refractivity contribution in [1.29, 1.82) is 0 Å². The summed E-state index contributed by atoms with van der Waals surface area (Å²) in [6, 6.07) is 10.5. The maximum atomic E-state index is 11.8. The van der Waals surface area contributed by atoms with Crippen LogP contribution in [-0.4, -0.2) is 11.0 Å². The van der Waals surface area contributed by atoms with Crippen molar-refractivity contribution in [2.24, 2.45) is 0 Å². The highest BCUT2D eigenvalue weighted by Gasteiger charge is 2.06. The third-order valence-electron chi connectivity index (χ3n) is 2.50. The van der Waals surface area contributed by atoms with Crippen LogP contribution in [-0.2, 0) is 0 Å². The number of halogens is 1. The highest BCUT2D eigenvalue weighted by Crippen LogP contribution is 2.22. The molecule has 19 heavy (non-hydrogen) atoms. The monoisotopic (exact) mass is 275 g/mol. The average Bonchev–Trinajstić information content (AvgIpc) is 2.33. The van der Waals surface area contributed by atoms with E-state index in [1.165, 1.54) is 0 Å². The molecule has 2 rings (SSSR count). The van der Waals surface area contributed by atoms with Gasteiger partial charge in [0.05, 0.1) is 10.7 Å². The minimum atomic E-state index is -0.371. The standard InChI is InChI=1S/C14H14ClN3O/c1-9-6-7-12(11(15)8-9)17-14(19)18-13-5-3-4-10(2)16-13/h3-8H,1-2H3,(H2,16,17,18,19). The first-order valence-corrected chi connectivity index (χ1v) is 6.20. The van der Waals surface area contributed by atoms with Gasteiger partial charge >= 0.3 is 6.03 Å². The number of hydrogen-bond donors (Lipinski definition) is 2. The third-order valence-corrected chi connectivity index (χ3v) is 2.82. The number of anilines is 2. The zero-order valence-electron chi connectivity index (χ0n) is 10.7. The Labute approximate surface area is 116 Å². The number of rotatable bonds is 2. The fourth-order valence-corrected chi connectivity index (χ4v) is 1.89. The number of urea groups is 1. The Hall–Kier alpha value is -2.07. The Morgan fingerprint density at radius 2 is 1.95 bits per heavy atom. The van der Waals surface area contributed by atoms with Gasteiger partial charge in [0, 0.05) is 5.69 Å². The van der Waals surface area contributed by atoms with E-state index in [9.17, 15) is 4.79 Å². The summed E-state index contributed by atoms with van der Waals surface area (Å²) in [5.74, 6) is 0.501. The summed E-state index contributed by atoms with van der Waals surface area (Å²) in [6.07, 6.45) is 0. The lowest BCUT2D eigenvalue weighted by atomic mass is 10.2. The summed E-state index contributed by atoms with van der Waals surface area (Å²) < 4.78 is 0. The molecule has 98 valence electrons. The first-order valence-electron chi connectivity index (χ1n) is 5.82. The van der Waals surface area contributed by atoms with Gasteiger partial charge in [-0.3, -0.25) is 5.32 Å². The van der Waals surface area contributed by atoms with Crippen LogP contribution in [0.1, 0.15) is 11.3 Å². The Morgan fingerprint density at radius 3 is 2.63 bits per heavy atom. The number of amides is 2. The second-order valence-electron chi connectivity index (χ2n) is 4.23. The quantitative estimate of drug-likeness (QED) is 0.870. The molecule has 0 saturated carbocycles. The van der Waals surface area contributed by atoms with Crippen molar-refractivity contribution in [3.05, 3.63) is 52.7 Å². The molecule has 0 aliphatic carbocycles. The van der Waals surface area contributed by atoms with Gasteiger partial charge in [0.1, 0.15) is 5.82 Å². The molecule has 0 unspecified atom stereocenters. The van der Waals surface area contributed by atoms with Crippen molar-refractivity contribution in [3.8, 4) is 0 Å². The van der Waals surface area contributed by atoms with E-state index in [-0.39, 0.29) is 6.03 Å². The van der Waals surface area contributed by atoms with Crippen LogP contribution in [0, 0.1) is 13.8 Å². The summed E-state index contributed by atoms with van der Waals surface area (Å²) in [4.78, 5) is 16.0. The molecule has 0 spiro atoms. The van der Waals surface area contributed by atoms with E-state index in [4.69, 9.17) is 11.6 Å². The second-order valence-corrected chi connectivity index (χ2v) is 4.63. The van der Waals surface area contributed by atoms with Crippen LogP contribution in [0.15, 0.2) is 36.4 Å². The lowest BCUT2D eigenvalue weighted by Gasteiger charge is -2.09. The average molecular weight is 276 g/mol. The number of pyridine rings is 1. The molecular weight excluding hydrogens is 262 g/mol. The molecule has 2 amide bonds. The number of carbonyl (C=O) groups is 1. The summed E-state index contributed by atoms with van der Waals surface area (Å²) in [5.41, 5.74) is 2.44. The van der Waals surface area contributed by atoms with Gasteiger partial charge in [0.25, 0.3) is 0 Å². The lowest BCUT2D eigenvalue weighted by molar-refractivity contribution is 0.262. The van der Waals surface area contributed by atoms with Crippen molar-refractivity contribution < 1.29 is 4.79 Å². The van der Waals surface area contributed by atoms with Gasteiger partial charge in [-0.25, -0.2) is 9.78 Å². The molecule has 1 heterocycles. The zero-order valence-corrected chi connectivity index (χ0v) is 11.5. The molecule has 0 aliphatic rings. The minimum Gasteiger partial charge on any atom is -0.306 e. The van der Waals surface area contributed by atoms with Gasteiger partial charge < -0.3 is 5.32 Å². The van der Waals surface area contributed by atoms with Crippen molar-refractivity contribution in [2.75, 3.05) is 10.6 Å². The SMILES string of the molecule is Cc1ccc(NC(=O)Nc2cccc(C)n2)c(Cl)c1. The molecule has 0 atom stereocenters. The Balaban J connectivity index is 2.05. The maximum Gasteiger partial charge on any atom is 0.324 e. The molecule has 1 aromatic carbocycles. The molecule has 4 nitrogen and oxygen atoms in total. The number of aryl methyl sites for hydroxylation is 2. The van der Waals surface area contributed by atoms with Crippen LogP contribution in [0.5, 0.6) is 0 Å². The molecule has 1 aromatic heterocycles. The van der Waals surface area contributed by atoms with E-state index in [1.54, 1.807) is 18.2 Å². The Bertz CT molecular complexity index is 613. The largest absolute Gasteiger partial charge is 0.324 e. The number of benzene rings is 1.